The number of carbonyl (C=O) groups is 1. The monoisotopic (exact) mass is 317 g/mol. The fourth-order valence-corrected chi connectivity index (χ4v) is 3.93. The molecule has 1 aliphatic carbocycles. The van der Waals surface area contributed by atoms with Gasteiger partial charge >= 0.3 is 0 Å². The van der Waals surface area contributed by atoms with Gasteiger partial charge in [-0.3, -0.25) is 4.79 Å². The third-order valence-electron chi connectivity index (χ3n) is 4.53. The molecule has 7 heteroatoms. The van der Waals surface area contributed by atoms with Gasteiger partial charge in [-0.1, -0.05) is 12.8 Å². The molecule has 1 heterocycles. The van der Waals surface area contributed by atoms with E-state index in [-0.39, 0.29) is 17.7 Å². The van der Waals surface area contributed by atoms with Gasteiger partial charge in [-0.05, 0) is 38.5 Å². The topological polar surface area (TPSA) is 87.3 Å². The minimum absolute atomic E-state index is 0.0581. The lowest BCUT2D eigenvalue weighted by Crippen LogP contribution is -2.43. The van der Waals surface area contributed by atoms with Crippen LogP contribution in [-0.2, 0) is 14.8 Å². The number of rotatable bonds is 7. The van der Waals surface area contributed by atoms with Crippen molar-refractivity contribution in [1.29, 1.82) is 0 Å². The molecule has 3 unspecified atom stereocenters. The van der Waals surface area contributed by atoms with Crippen LogP contribution in [0, 0.1) is 5.92 Å². The van der Waals surface area contributed by atoms with Gasteiger partial charge in [-0.15, -0.1) is 0 Å². The van der Waals surface area contributed by atoms with E-state index in [2.05, 4.69) is 15.4 Å². The van der Waals surface area contributed by atoms with Crippen molar-refractivity contribution in [3.05, 3.63) is 0 Å². The molecule has 6 nitrogen and oxygen atoms in total. The van der Waals surface area contributed by atoms with Crippen molar-refractivity contribution in [3.8, 4) is 0 Å². The predicted octanol–water partition coefficient (Wildman–Crippen LogP) is 0.353. The second-order valence-electron chi connectivity index (χ2n) is 6.05. The van der Waals surface area contributed by atoms with Crippen LogP contribution in [-0.4, -0.2) is 45.3 Å². The van der Waals surface area contributed by atoms with Crippen molar-refractivity contribution in [2.75, 3.05) is 18.8 Å². The van der Waals surface area contributed by atoms with Crippen LogP contribution in [0.5, 0.6) is 0 Å². The molecule has 0 spiro atoms. The number of sulfonamides is 1. The molecule has 2 rings (SSSR count). The van der Waals surface area contributed by atoms with Gasteiger partial charge in [0.2, 0.25) is 15.9 Å². The maximum Gasteiger partial charge on any atom is 0.237 e. The molecule has 2 fully saturated rings. The molecule has 0 aromatic carbocycles. The molecule has 2 aliphatic rings. The largest absolute Gasteiger partial charge is 0.355 e. The van der Waals surface area contributed by atoms with Crippen LogP contribution in [0.2, 0.25) is 0 Å². The zero-order valence-electron chi connectivity index (χ0n) is 12.7. The molecule has 1 saturated heterocycles. The Balaban J connectivity index is 1.62. The van der Waals surface area contributed by atoms with Crippen molar-refractivity contribution >= 4 is 15.9 Å². The molecule has 0 aromatic rings. The minimum Gasteiger partial charge on any atom is -0.355 e. The van der Waals surface area contributed by atoms with Gasteiger partial charge in [0.15, 0.2) is 0 Å². The van der Waals surface area contributed by atoms with Crippen LogP contribution >= 0.6 is 0 Å². The second-order valence-corrected chi connectivity index (χ2v) is 8.14. The summed E-state index contributed by atoms with van der Waals surface area (Å²) >= 11 is 0. The third-order valence-corrected chi connectivity index (χ3v) is 5.94. The Morgan fingerprint density at radius 3 is 2.71 bits per heavy atom. The van der Waals surface area contributed by atoms with Gasteiger partial charge in [-0.25, -0.2) is 13.1 Å². The number of hydrogen-bond acceptors (Lipinski definition) is 4. The van der Waals surface area contributed by atoms with Gasteiger partial charge in [0.05, 0.1) is 11.8 Å². The lowest BCUT2D eigenvalue weighted by atomic mass is 9.85. The van der Waals surface area contributed by atoms with E-state index in [4.69, 9.17) is 0 Å². The number of nitrogens with one attached hydrogen (secondary N) is 3. The van der Waals surface area contributed by atoms with E-state index >= 15 is 0 Å². The first-order valence-electron chi connectivity index (χ1n) is 8.03. The molecule has 1 saturated carbocycles. The van der Waals surface area contributed by atoms with Crippen LogP contribution in [0.25, 0.3) is 0 Å². The lowest BCUT2D eigenvalue weighted by Gasteiger charge is -2.24. The van der Waals surface area contributed by atoms with E-state index in [0.717, 1.165) is 6.42 Å². The van der Waals surface area contributed by atoms with Gasteiger partial charge in [0, 0.05) is 19.1 Å². The Hall–Kier alpha value is -0.660. The van der Waals surface area contributed by atoms with E-state index in [1.807, 2.05) is 0 Å². The normalized spacial score (nSPS) is 29.1. The first kappa shape index (κ1) is 16.7. The molecular formula is C14H27N3O3S. The fraction of sp³-hybridized carbons (Fsp3) is 0.929. The van der Waals surface area contributed by atoms with E-state index in [1.54, 1.807) is 6.92 Å². The molecule has 21 heavy (non-hydrogen) atoms. The van der Waals surface area contributed by atoms with Crippen LogP contribution in [0.1, 0.15) is 45.4 Å². The van der Waals surface area contributed by atoms with Crippen molar-refractivity contribution < 1.29 is 13.2 Å². The smallest absolute Gasteiger partial charge is 0.237 e. The molecule has 3 atom stereocenters. The Labute approximate surface area is 127 Å². The summed E-state index contributed by atoms with van der Waals surface area (Å²) in [5.41, 5.74) is 0. The zero-order valence-corrected chi connectivity index (χ0v) is 13.5. The average Bonchev–Trinajstić information content (AvgIpc) is 2.90. The molecule has 0 radical (unpaired) electrons. The molecule has 0 aromatic heterocycles. The van der Waals surface area contributed by atoms with E-state index in [0.29, 0.717) is 31.5 Å². The molecule has 3 N–H and O–H groups in total. The Morgan fingerprint density at radius 2 is 2.00 bits per heavy atom. The predicted molar refractivity (Wildman–Crippen MR) is 82.4 cm³/mol. The molecular weight excluding hydrogens is 290 g/mol. The quantitative estimate of drug-likeness (QED) is 0.591. The number of carbonyl (C=O) groups excluding carboxylic acids is 1. The molecule has 1 amide bonds. The van der Waals surface area contributed by atoms with Crippen molar-refractivity contribution in [2.45, 2.75) is 57.5 Å². The number of hydrogen-bond donors (Lipinski definition) is 3. The summed E-state index contributed by atoms with van der Waals surface area (Å²) in [5.74, 6) is 0.808. The standard InChI is InChI=1S/C14H27N3O3S/c1-2-21(19,20)16-9-5-8-15-14(18)13-10-11-6-3-4-7-12(11)17-13/h11-13,16-17H,2-10H2,1H3,(H,15,18). The molecule has 1 aliphatic heterocycles. The van der Waals surface area contributed by atoms with Crippen LogP contribution in [0.4, 0.5) is 0 Å². The zero-order chi connectivity index (χ0) is 15.3. The first-order valence-corrected chi connectivity index (χ1v) is 9.68. The average molecular weight is 317 g/mol. The summed E-state index contributed by atoms with van der Waals surface area (Å²) in [6.45, 7) is 2.49. The van der Waals surface area contributed by atoms with Gasteiger partial charge < -0.3 is 10.6 Å². The van der Waals surface area contributed by atoms with Crippen LogP contribution < -0.4 is 15.4 Å². The first-order chi connectivity index (χ1) is 10.0. The van der Waals surface area contributed by atoms with Crippen molar-refractivity contribution in [3.63, 3.8) is 0 Å². The van der Waals surface area contributed by atoms with Crippen LogP contribution in [0.3, 0.4) is 0 Å². The highest BCUT2D eigenvalue weighted by molar-refractivity contribution is 7.89. The summed E-state index contributed by atoms with van der Waals surface area (Å²) in [6, 6.07) is 0.455. The van der Waals surface area contributed by atoms with Crippen LogP contribution in [0.15, 0.2) is 0 Å². The summed E-state index contributed by atoms with van der Waals surface area (Å²) in [6.07, 6.45) is 6.53. The highest BCUT2D eigenvalue weighted by atomic mass is 32.2. The van der Waals surface area contributed by atoms with Crippen molar-refractivity contribution in [1.82, 2.24) is 15.4 Å². The molecule has 0 bridgehead atoms. The highest BCUT2D eigenvalue weighted by Crippen LogP contribution is 2.33. The van der Waals surface area contributed by atoms with Gasteiger partial charge in [0.1, 0.15) is 0 Å². The minimum atomic E-state index is -3.13. The highest BCUT2D eigenvalue weighted by Gasteiger charge is 2.37. The van der Waals surface area contributed by atoms with Gasteiger partial charge in [0.25, 0.3) is 0 Å². The second kappa shape index (κ2) is 7.56. The van der Waals surface area contributed by atoms with E-state index < -0.39 is 10.0 Å². The summed E-state index contributed by atoms with van der Waals surface area (Å²) < 4.78 is 25.0. The van der Waals surface area contributed by atoms with E-state index in [1.165, 1.54) is 25.7 Å². The SMILES string of the molecule is CCS(=O)(=O)NCCCNC(=O)C1CC2CCCCC2N1. The summed E-state index contributed by atoms with van der Waals surface area (Å²) in [5, 5.41) is 6.35. The Kier molecular flexibility index (Phi) is 6.01. The number of fused-ring (bicyclic) bond motifs is 1. The summed E-state index contributed by atoms with van der Waals surface area (Å²) in [4.78, 5) is 12.1. The van der Waals surface area contributed by atoms with Gasteiger partial charge in [-0.2, -0.15) is 0 Å². The summed E-state index contributed by atoms with van der Waals surface area (Å²) in [7, 11) is -3.13. The van der Waals surface area contributed by atoms with Crippen molar-refractivity contribution in [2.24, 2.45) is 5.92 Å². The molecule has 122 valence electrons. The Morgan fingerprint density at radius 1 is 1.24 bits per heavy atom. The van der Waals surface area contributed by atoms with E-state index in [9.17, 15) is 13.2 Å². The Bertz CT molecular complexity index is 438. The number of amides is 1. The maximum atomic E-state index is 12.1. The maximum absolute atomic E-state index is 12.1. The lowest BCUT2D eigenvalue weighted by molar-refractivity contribution is -0.122. The fourth-order valence-electron chi connectivity index (χ4n) is 3.27. The third kappa shape index (κ3) is 4.93.